The number of pyridine rings is 1. The van der Waals surface area contributed by atoms with Gasteiger partial charge >= 0.3 is 0 Å². The summed E-state index contributed by atoms with van der Waals surface area (Å²) in [5.74, 6) is 0.265. The van der Waals surface area contributed by atoms with Crippen molar-refractivity contribution in [3.63, 3.8) is 0 Å². The molecule has 19 heavy (non-hydrogen) atoms. The number of H-pyrrole nitrogens is 1. The number of halogens is 1. The van der Waals surface area contributed by atoms with E-state index >= 15 is 0 Å². The number of hydrogen-bond acceptors (Lipinski definition) is 4. The Labute approximate surface area is 115 Å². The first-order valence-electron chi connectivity index (χ1n) is 5.75. The number of rotatable bonds is 4. The zero-order valence-corrected chi connectivity index (χ0v) is 11.3. The van der Waals surface area contributed by atoms with Crippen molar-refractivity contribution in [2.24, 2.45) is 0 Å². The maximum atomic E-state index is 12.1. The van der Waals surface area contributed by atoms with Crippen LogP contribution in [-0.2, 0) is 0 Å². The van der Waals surface area contributed by atoms with Gasteiger partial charge in [-0.15, -0.1) is 0 Å². The minimum atomic E-state index is -0.323. The highest BCUT2D eigenvalue weighted by Crippen LogP contribution is 2.18. The molecule has 0 aliphatic carbocycles. The van der Waals surface area contributed by atoms with Gasteiger partial charge in [-0.1, -0.05) is 11.6 Å². The quantitative estimate of drug-likeness (QED) is 0.799. The number of carbonyl (C=O) groups excluding carboxylic acids is 1. The van der Waals surface area contributed by atoms with Crippen LogP contribution in [0.3, 0.4) is 0 Å². The molecule has 2 heterocycles. The number of aromatic amines is 1. The van der Waals surface area contributed by atoms with Gasteiger partial charge in [0.05, 0.1) is 17.3 Å². The lowest BCUT2D eigenvalue weighted by Crippen LogP contribution is -2.27. The summed E-state index contributed by atoms with van der Waals surface area (Å²) in [7, 11) is 1.73. The van der Waals surface area contributed by atoms with E-state index in [4.69, 9.17) is 11.6 Å². The summed E-state index contributed by atoms with van der Waals surface area (Å²) in [4.78, 5) is 16.3. The number of nitrogens with one attached hydrogen (secondary N) is 3. The molecule has 100 valence electrons. The molecule has 1 unspecified atom stereocenters. The number of nitrogens with zero attached hydrogens (tertiary/aromatic N) is 2. The van der Waals surface area contributed by atoms with Crippen LogP contribution in [0.2, 0.25) is 5.02 Å². The molecule has 0 aliphatic rings. The first kappa shape index (κ1) is 13.4. The fourth-order valence-corrected chi connectivity index (χ4v) is 1.78. The molecule has 2 rings (SSSR count). The molecule has 0 saturated heterocycles. The third kappa shape index (κ3) is 3.03. The molecule has 0 aromatic carbocycles. The van der Waals surface area contributed by atoms with Crippen LogP contribution in [0.1, 0.15) is 29.0 Å². The maximum Gasteiger partial charge on any atom is 0.271 e. The molecular weight excluding hydrogens is 266 g/mol. The van der Waals surface area contributed by atoms with Crippen molar-refractivity contribution in [2.75, 3.05) is 12.4 Å². The summed E-state index contributed by atoms with van der Waals surface area (Å²) in [6.07, 6.45) is 3.38. The smallest absolute Gasteiger partial charge is 0.271 e. The summed E-state index contributed by atoms with van der Waals surface area (Å²) >= 11 is 5.99. The molecule has 0 saturated carbocycles. The molecule has 2 aromatic heterocycles. The van der Waals surface area contributed by atoms with E-state index < -0.39 is 0 Å². The van der Waals surface area contributed by atoms with Gasteiger partial charge in [-0.25, -0.2) is 4.98 Å². The molecule has 2 aromatic rings. The van der Waals surface area contributed by atoms with Crippen LogP contribution in [-0.4, -0.2) is 28.1 Å². The first-order valence-corrected chi connectivity index (χ1v) is 6.13. The Bertz CT molecular complexity index is 570. The highest BCUT2D eigenvalue weighted by atomic mass is 35.5. The van der Waals surface area contributed by atoms with Crippen molar-refractivity contribution >= 4 is 23.3 Å². The van der Waals surface area contributed by atoms with Gasteiger partial charge in [-0.3, -0.25) is 9.89 Å². The standard InChI is InChI=1S/C12H14ClN5O/c1-7(8-5-15-16-6-8)17-12(19)11-9(13)3-4-10(14-2)18-11/h3-7H,1-2H3,(H,14,18)(H,15,16)(H,17,19). The van der Waals surface area contributed by atoms with E-state index in [0.29, 0.717) is 10.8 Å². The Morgan fingerprint density at radius 2 is 2.26 bits per heavy atom. The van der Waals surface area contributed by atoms with Crippen LogP contribution >= 0.6 is 11.6 Å². The van der Waals surface area contributed by atoms with Crippen LogP contribution in [0.15, 0.2) is 24.5 Å². The van der Waals surface area contributed by atoms with Crippen molar-refractivity contribution in [2.45, 2.75) is 13.0 Å². The second kappa shape index (κ2) is 5.71. The van der Waals surface area contributed by atoms with Gasteiger partial charge < -0.3 is 10.6 Å². The molecule has 0 fully saturated rings. The van der Waals surface area contributed by atoms with Crippen LogP contribution in [0, 0.1) is 0 Å². The number of hydrogen-bond donors (Lipinski definition) is 3. The van der Waals surface area contributed by atoms with Crippen LogP contribution < -0.4 is 10.6 Å². The molecule has 1 atom stereocenters. The predicted octanol–water partition coefficient (Wildman–Crippen LogP) is 1.99. The number of amides is 1. The van der Waals surface area contributed by atoms with Crippen molar-refractivity contribution in [3.05, 3.63) is 40.8 Å². The SMILES string of the molecule is CNc1ccc(Cl)c(C(=O)NC(C)c2cn[nH]c2)n1. The van der Waals surface area contributed by atoms with E-state index in [9.17, 15) is 4.79 Å². The van der Waals surface area contributed by atoms with Gasteiger partial charge in [-0.2, -0.15) is 5.10 Å². The van der Waals surface area contributed by atoms with Crippen molar-refractivity contribution in [1.29, 1.82) is 0 Å². The average molecular weight is 280 g/mol. The fraction of sp³-hybridized carbons (Fsp3) is 0.250. The molecule has 0 radical (unpaired) electrons. The lowest BCUT2D eigenvalue weighted by atomic mass is 10.2. The average Bonchev–Trinajstić information content (AvgIpc) is 2.93. The molecular formula is C12H14ClN5O. The van der Waals surface area contributed by atoms with Crippen molar-refractivity contribution in [3.8, 4) is 0 Å². The van der Waals surface area contributed by atoms with Gasteiger partial charge in [0.15, 0.2) is 0 Å². The largest absolute Gasteiger partial charge is 0.373 e. The zero-order valence-electron chi connectivity index (χ0n) is 10.6. The summed E-state index contributed by atoms with van der Waals surface area (Å²) in [6, 6.07) is 3.17. The second-order valence-electron chi connectivity index (χ2n) is 4.00. The minimum Gasteiger partial charge on any atom is -0.373 e. The third-order valence-corrected chi connectivity index (χ3v) is 2.99. The van der Waals surface area contributed by atoms with Gasteiger partial charge in [0, 0.05) is 18.8 Å². The Kier molecular flexibility index (Phi) is 4.01. The van der Waals surface area contributed by atoms with Crippen molar-refractivity contribution in [1.82, 2.24) is 20.5 Å². The lowest BCUT2D eigenvalue weighted by molar-refractivity contribution is 0.0935. The Hall–Kier alpha value is -2.08. The van der Waals surface area contributed by atoms with Gasteiger partial charge in [0.1, 0.15) is 11.5 Å². The van der Waals surface area contributed by atoms with E-state index in [-0.39, 0.29) is 17.6 Å². The topological polar surface area (TPSA) is 82.7 Å². The van der Waals surface area contributed by atoms with Gasteiger partial charge in [0.2, 0.25) is 0 Å². The molecule has 0 aliphatic heterocycles. The molecule has 7 heteroatoms. The lowest BCUT2D eigenvalue weighted by Gasteiger charge is -2.12. The highest BCUT2D eigenvalue weighted by molar-refractivity contribution is 6.33. The fourth-order valence-electron chi connectivity index (χ4n) is 1.59. The minimum absolute atomic E-state index is 0.178. The molecule has 3 N–H and O–H groups in total. The zero-order chi connectivity index (χ0) is 13.8. The summed E-state index contributed by atoms with van der Waals surface area (Å²) < 4.78 is 0. The van der Waals surface area contributed by atoms with E-state index in [1.54, 1.807) is 31.6 Å². The maximum absolute atomic E-state index is 12.1. The number of carbonyl (C=O) groups is 1. The first-order chi connectivity index (χ1) is 9.11. The summed E-state index contributed by atoms with van der Waals surface area (Å²) in [6.45, 7) is 1.86. The van der Waals surface area contributed by atoms with Crippen molar-refractivity contribution < 1.29 is 4.79 Å². The van der Waals surface area contributed by atoms with E-state index in [0.717, 1.165) is 5.56 Å². The number of aromatic nitrogens is 3. The van der Waals surface area contributed by atoms with Crippen LogP contribution in [0.25, 0.3) is 0 Å². The van der Waals surface area contributed by atoms with E-state index in [2.05, 4.69) is 25.8 Å². The monoisotopic (exact) mass is 279 g/mol. The summed E-state index contributed by atoms with van der Waals surface area (Å²) in [5, 5.41) is 12.5. The molecule has 6 nitrogen and oxygen atoms in total. The van der Waals surface area contributed by atoms with Crippen LogP contribution in [0.4, 0.5) is 5.82 Å². The van der Waals surface area contributed by atoms with Gasteiger partial charge in [0.25, 0.3) is 5.91 Å². The molecule has 0 spiro atoms. The molecule has 1 amide bonds. The summed E-state index contributed by atoms with van der Waals surface area (Å²) in [5.41, 5.74) is 1.08. The normalized spacial score (nSPS) is 11.9. The van der Waals surface area contributed by atoms with Crippen LogP contribution in [0.5, 0.6) is 0 Å². The second-order valence-corrected chi connectivity index (χ2v) is 4.41. The Morgan fingerprint density at radius 3 is 2.89 bits per heavy atom. The third-order valence-electron chi connectivity index (χ3n) is 2.68. The Balaban J connectivity index is 2.16. The Morgan fingerprint density at radius 1 is 1.47 bits per heavy atom. The van der Waals surface area contributed by atoms with Gasteiger partial charge in [-0.05, 0) is 19.1 Å². The highest BCUT2D eigenvalue weighted by Gasteiger charge is 2.16. The molecule has 0 bridgehead atoms. The predicted molar refractivity (Wildman–Crippen MR) is 73.3 cm³/mol. The van der Waals surface area contributed by atoms with E-state index in [1.807, 2.05) is 6.92 Å². The van der Waals surface area contributed by atoms with E-state index in [1.165, 1.54) is 0 Å². The number of anilines is 1.